The number of carbonyl (C=O) groups is 2. The van der Waals surface area contributed by atoms with Gasteiger partial charge in [0.1, 0.15) is 12.4 Å². The minimum atomic E-state index is -0.356. The molecule has 9 heteroatoms. The smallest absolute Gasteiger partial charge is 0.293 e. The number of rotatable bonds is 7. The lowest BCUT2D eigenvalue weighted by Gasteiger charge is -2.13. The van der Waals surface area contributed by atoms with Gasteiger partial charge in [0.2, 0.25) is 0 Å². The number of methoxy groups -OCH3 is 2. The first-order chi connectivity index (χ1) is 13.9. The largest absolute Gasteiger partial charge is 0.493 e. The fourth-order valence-corrected chi connectivity index (χ4v) is 4.26. The summed E-state index contributed by atoms with van der Waals surface area (Å²) in [6.45, 7) is 0.342. The van der Waals surface area contributed by atoms with Crippen LogP contribution in [-0.2, 0) is 4.79 Å². The number of hydrogen-bond donors (Lipinski definition) is 0. The summed E-state index contributed by atoms with van der Waals surface area (Å²) in [6.07, 6.45) is 1.65. The molecule has 0 aromatic heterocycles. The molecule has 0 radical (unpaired) electrons. The summed E-state index contributed by atoms with van der Waals surface area (Å²) in [6, 6.07) is 10.4. The fourth-order valence-electron chi connectivity index (χ4n) is 2.65. The minimum Gasteiger partial charge on any atom is -0.493 e. The Morgan fingerprint density at radius 2 is 1.86 bits per heavy atom. The molecule has 0 atom stereocenters. The number of amides is 2. The first-order valence-electron chi connectivity index (χ1n) is 8.48. The van der Waals surface area contributed by atoms with Gasteiger partial charge in [-0.2, -0.15) is 0 Å². The van der Waals surface area contributed by atoms with Crippen molar-refractivity contribution in [3.8, 4) is 17.2 Å². The van der Waals surface area contributed by atoms with Crippen LogP contribution in [-0.4, -0.2) is 43.4 Å². The van der Waals surface area contributed by atoms with Crippen molar-refractivity contribution in [2.45, 2.75) is 0 Å². The maximum atomic E-state index is 12.6. The molecule has 0 saturated carbocycles. The number of nitrogens with zero attached hydrogens (tertiary/aromatic N) is 1. The summed E-state index contributed by atoms with van der Waals surface area (Å²) in [5.74, 6) is 1.33. The Kier molecular flexibility index (Phi) is 7.10. The topological polar surface area (TPSA) is 65.1 Å². The molecular weight excluding hydrogens is 482 g/mol. The molecule has 1 saturated heterocycles. The van der Waals surface area contributed by atoms with Crippen molar-refractivity contribution in [3.63, 3.8) is 0 Å². The van der Waals surface area contributed by atoms with Gasteiger partial charge in [-0.25, -0.2) is 0 Å². The summed E-state index contributed by atoms with van der Waals surface area (Å²) in [4.78, 5) is 26.4. The molecule has 2 aromatic rings. The van der Waals surface area contributed by atoms with Gasteiger partial charge < -0.3 is 14.2 Å². The molecule has 2 amide bonds. The minimum absolute atomic E-state index is 0.153. The van der Waals surface area contributed by atoms with Crippen molar-refractivity contribution in [2.24, 2.45) is 0 Å². The highest BCUT2D eigenvalue weighted by Crippen LogP contribution is 2.38. The van der Waals surface area contributed by atoms with E-state index < -0.39 is 0 Å². The first kappa shape index (κ1) is 21.5. The number of imide groups is 1. The van der Waals surface area contributed by atoms with E-state index in [1.54, 1.807) is 49.6 Å². The monoisotopic (exact) mass is 497 g/mol. The number of halogens is 2. The maximum Gasteiger partial charge on any atom is 0.293 e. The summed E-state index contributed by atoms with van der Waals surface area (Å²) in [5, 5.41) is 0.274. The van der Waals surface area contributed by atoms with Crippen molar-refractivity contribution in [1.29, 1.82) is 0 Å². The van der Waals surface area contributed by atoms with Crippen LogP contribution >= 0.6 is 39.3 Å². The molecule has 2 aromatic carbocycles. The summed E-state index contributed by atoms with van der Waals surface area (Å²) < 4.78 is 16.9. The van der Waals surface area contributed by atoms with E-state index in [9.17, 15) is 9.59 Å². The second-order valence-corrected chi connectivity index (χ2v) is 8.16. The van der Waals surface area contributed by atoms with Gasteiger partial charge >= 0.3 is 0 Å². The van der Waals surface area contributed by atoms with Crippen LogP contribution in [0.25, 0.3) is 6.08 Å². The zero-order chi connectivity index (χ0) is 21.0. The Bertz CT molecular complexity index is 964. The second-order valence-electron chi connectivity index (χ2n) is 5.87. The van der Waals surface area contributed by atoms with Crippen LogP contribution < -0.4 is 14.2 Å². The molecule has 3 rings (SSSR count). The molecule has 1 fully saturated rings. The van der Waals surface area contributed by atoms with Gasteiger partial charge in [0.15, 0.2) is 11.5 Å². The molecule has 1 aliphatic heterocycles. The molecule has 0 N–H and O–H groups in total. The van der Waals surface area contributed by atoms with E-state index in [4.69, 9.17) is 25.8 Å². The Hall–Kier alpha value is -2.16. The molecule has 152 valence electrons. The number of benzene rings is 2. The van der Waals surface area contributed by atoms with Crippen LogP contribution in [0.4, 0.5) is 4.79 Å². The summed E-state index contributed by atoms with van der Waals surface area (Å²) >= 11 is 10.1. The van der Waals surface area contributed by atoms with Gasteiger partial charge in [0.05, 0.1) is 30.1 Å². The van der Waals surface area contributed by atoms with E-state index in [0.29, 0.717) is 37.2 Å². The van der Waals surface area contributed by atoms with E-state index in [1.807, 2.05) is 0 Å². The standard InChI is InChI=1S/C20H17BrClNO5S/c1-26-16-10-12(9-15(21)18(16)27-2)11-17-19(24)23(20(25)29-17)7-8-28-14-5-3-13(22)4-6-14/h3-6,9-11H,7-8H2,1-2H3/b17-11-. The van der Waals surface area contributed by atoms with E-state index in [2.05, 4.69) is 15.9 Å². The zero-order valence-electron chi connectivity index (χ0n) is 15.6. The molecule has 0 spiro atoms. The van der Waals surface area contributed by atoms with Crippen LogP contribution in [0.1, 0.15) is 5.56 Å². The maximum absolute atomic E-state index is 12.6. The first-order valence-corrected chi connectivity index (χ1v) is 10.5. The quantitative estimate of drug-likeness (QED) is 0.487. The van der Waals surface area contributed by atoms with Crippen LogP contribution in [0.15, 0.2) is 45.8 Å². The van der Waals surface area contributed by atoms with Crippen molar-refractivity contribution >= 4 is 56.5 Å². The van der Waals surface area contributed by atoms with Crippen LogP contribution in [0.3, 0.4) is 0 Å². The number of thioether (sulfide) groups is 1. The van der Waals surface area contributed by atoms with Crippen molar-refractivity contribution in [1.82, 2.24) is 4.90 Å². The Balaban J connectivity index is 1.69. The lowest BCUT2D eigenvalue weighted by molar-refractivity contribution is -0.123. The van der Waals surface area contributed by atoms with Gasteiger partial charge in [-0.1, -0.05) is 11.6 Å². The fraction of sp³-hybridized carbons (Fsp3) is 0.200. The van der Waals surface area contributed by atoms with Gasteiger partial charge in [0, 0.05) is 5.02 Å². The van der Waals surface area contributed by atoms with Crippen LogP contribution in [0.2, 0.25) is 5.02 Å². The lowest BCUT2D eigenvalue weighted by Crippen LogP contribution is -2.32. The molecule has 0 bridgehead atoms. The lowest BCUT2D eigenvalue weighted by atomic mass is 10.2. The van der Waals surface area contributed by atoms with E-state index >= 15 is 0 Å². The van der Waals surface area contributed by atoms with Gasteiger partial charge in [-0.05, 0) is 75.7 Å². The van der Waals surface area contributed by atoms with E-state index in [1.165, 1.54) is 12.0 Å². The Labute approximate surface area is 185 Å². The highest BCUT2D eigenvalue weighted by molar-refractivity contribution is 9.10. The third kappa shape index (κ3) is 5.07. The summed E-state index contributed by atoms with van der Waals surface area (Å²) in [7, 11) is 3.07. The number of ether oxygens (including phenoxy) is 3. The molecule has 29 heavy (non-hydrogen) atoms. The van der Waals surface area contributed by atoms with E-state index in [0.717, 1.165) is 11.8 Å². The van der Waals surface area contributed by atoms with Gasteiger partial charge in [0.25, 0.3) is 11.1 Å². The van der Waals surface area contributed by atoms with Crippen molar-refractivity contribution in [2.75, 3.05) is 27.4 Å². The van der Waals surface area contributed by atoms with E-state index in [-0.39, 0.29) is 24.3 Å². The van der Waals surface area contributed by atoms with Crippen LogP contribution in [0, 0.1) is 0 Å². The predicted molar refractivity (Wildman–Crippen MR) is 117 cm³/mol. The SMILES string of the molecule is COc1cc(/C=C2\SC(=O)N(CCOc3ccc(Cl)cc3)C2=O)cc(Br)c1OC. The molecule has 1 aliphatic rings. The molecular formula is C20H17BrClNO5S. The average molecular weight is 499 g/mol. The van der Waals surface area contributed by atoms with Crippen molar-refractivity contribution in [3.05, 3.63) is 56.4 Å². The number of hydrogen-bond acceptors (Lipinski definition) is 6. The highest BCUT2D eigenvalue weighted by atomic mass is 79.9. The second kappa shape index (κ2) is 9.56. The van der Waals surface area contributed by atoms with Gasteiger partial charge in [-0.15, -0.1) is 0 Å². The highest BCUT2D eigenvalue weighted by Gasteiger charge is 2.34. The molecule has 0 unspecified atom stereocenters. The number of carbonyl (C=O) groups excluding carboxylic acids is 2. The molecule has 1 heterocycles. The average Bonchev–Trinajstić information content (AvgIpc) is 2.96. The Morgan fingerprint density at radius 3 is 2.52 bits per heavy atom. The molecule has 6 nitrogen and oxygen atoms in total. The third-order valence-electron chi connectivity index (χ3n) is 4.02. The van der Waals surface area contributed by atoms with Crippen molar-refractivity contribution < 1.29 is 23.8 Å². The molecule has 0 aliphatic carbocycles. The van der Waals surface area contributed by atoms with Gasteiger partial charge in [-0.3, -0.25) is 14.5 Å². The predicted octanol–water partition coefficient (Wildman–Crippen LogP) is 5.24. The summed E-state index contributed by atoms with van der Waals surface area (Å²) in [5.41, 5.74) is 0.706. The Morgan fingerprint density at radius 1 is 1.14 bits per heavy atom. The third-order valence-corrected chi connectivity index (χ3v) is 5.77. The zero-order valence-corrected chi connectivity index (χ0v) is 18.8. The van der Waals surface area contributed by atoms with Crippen LogP contribution in [0.5, 0.6) is 17.2 Å². The normalized spacial score (nSPS) is 15.2.